The van der Waals surface area contributed by atoms with E-state index >= 15 is 0 Å². The molecule has 26 heavy (non-hydrogen) atoms. The van der Waals surface area contributed by atoms with Gasteiger partial charge in [0.2, 0.25) is 5.88 Å². The van der Waals surface area contributed by atoms with Gasteiger partial charge in [-0.1, -0.05) is 0 Å². The van der Waals surface area contributed by atoms with Crippen molar-refractivity contribution in [3.63, 3.8) is 0 Å². The van der Waals surface area contributed by atoms with Crippen LogP contribution in [0, 0.1) is 5.92 Å². The van der Waals surface area contributed by atoms with Crippen LogP contribution >= 0.6 is 8.38 Å². The molecule has 0 saturated carbocycles. The topological polar surface area (TPSA) is 101 Å². The zero-order valence-electron chi connectivity index (χ0n) is 14.5. The molecule has 0 aliphatic carbocycles. The molecule has 0 atom stereocenters. The molecule has 0 aromatic carbocycles. The third-order valence-corrected chi connectivity index (χ3v) is 5.43. The number of aromatic nitrogens is 3. The van der Waals surface area contributed by atoms with Crippen LogP contribution in [-0.2, 0) is 6.80 Å². The fraction of sp³-hybridized carbons (Fsp3) is 0.562. The van der Waals surface area contributed by atoms with Gasteiger partial charge in [0.25, 0.3) is 5.56 Å². The lowest BCUT2D eigenvalue weighted by atomic mass is 9.94. The maximum Gasteiger partial charge on any atom is 0.282 e. The van der Waals surface area contributed by atoms with Crippen molar-refractivity contribution in [1.29, 1.82) is 0 Å². The summed E-state index contributed by atoms with van der Waals surface area (Å²) >= 11 is 0. The summed E-state index contributed by atoms with van der Waals surface area (Å²) in [6.07, 6.45) is 4.59. The minimum atomic E-state index is -1.82. The second-order valence-corrected chi connectivity index (χ2v) is 7.53. The van der Waals surface area contributed by atoms with Gasteiger partial charge in [0.1, 0.15) is 11.2 Å². The molecule has 142 valence electrons. The number of fused-ring (bicyclic) bond motifs is 1. The van der Waals surface area contributed by atoms with E-state index in [0.717, 1.165) is 37.0 Å². The minimum absolute atomic E-state index is 0.167. The van der Waals surface area contributed by atoms with Gasteiger partial charge in [0.15, 0.2) is 15.2 Å². The number of ether oxygens (including phenoxy) is 1. The summed E-state index contributed by atoms with van der Waals surface area (Å²) in [5, 5.41) is 4.61. The second-order valence-electron chi connectivity index (χ2n) is 6.34. The Morgan fingerprint density at radius 3 is 2.73 bits per heavy atom. The van der Waals surface area contributed by atoms with E-state index in [0.29, 0.717) is 23.3 Å². The predicted molar refractivity (Wildman–Crippen MR) is 97.2 cm³/mol. The van der Waals surface area contributed by atoms with Crippen molar-refractivity contribution >= 4 is 25.0 Å². The van der Waals surface area contributed by atoms with E-state index in [9.17, 15) is 9.18 Å². The van der Waals surface area contributed by atoms with Crippen LogP contribution in [-0.4, -0.2) is 50.9 Å². The first-order valence-electron chi connectivity index (χ1n) is 8.44. The van der Waals surface area contributed by atoms with Crippen molar-refractivity contribution in [2.45, 2.75) is 26.1 Å². The van der Waals surface area contributed by atoms with Crippen molar-refractivity contribution in [1.82, 2.24) is 14.8 Å². The first-order valence-corrected chi connectivity index (χ1v) is 9.87. The van der Waals surface area contributed by atoms with E-state index in [1.165, 1.54) is 13.3 Å². The molecular formula is C16H22FN4O4P. The first kappa shape index (κ1) is 18.9. The lowest BCUT2D eigenvalue weighted by molar-refractivity contribution is 0.338. The Morgan fingerprint density at radius 1 is 1.38 bits per heavy atom. The standard InChI is InChI=1S/C16H22FN4O4P/c1-25-15-14-12(9-18-21(10-17)16(14)22)8-13(19-15)20-5-2-11(3-6-20)4-7-26(23)24/h8-9,11,23-24H,2-7,10H2,1H3. The third-order valence-electron chi connectivity index (χ3n) is 4.77. The molecule has 2 N–H and O–H groups in total. The highest BCUT2D eigenvalue weighted by molar-refractivity contribution is 7.45. The zero-order chi connectivity index (χ0) is 18.7. The van der Waals surface area contributed by atoms with Gasteiger partial charge in [-0.25, -0.2) is 4.39 Å². The summed E-state index contributed by atoms with van der Waals surface area (Å²) in [6, 6.07) is 1.77. The van der Waals surface area contributed by atoms with Crippen molar-refractivity contribution in [3.8, 4) is 5.88 Å². The molecule has 0 amide bonds. The predicted octanol–water partition coefficient (Wildman–Crippen LogP) is 1.63. The molecule has 3 rings (SSSR count). The molecule has 0 unspecified atom stereocenters. The van der Waals surface area contributed by atoms with Crippen molar-refractivity contribution in [2.75, 3.05) is 31.3 Å². The highest BCUT2D eigenvalue weighted by Crippen LogP contribution is 2.32. The van der Waals surface area contributed by atoms with Crippen molar-refractivity contribution < 1.29 is 18.9 Å². The van der Waals surface area contributed by atoms with Crippen LogP contribution in [0.15, 0.2) is 17.1 Å². The maximum absolute atomic E-state index is 12.9. The van der Waals surface area contributed by atoms with E-state index in [1.54, 1.807) is 6.07 Å². The molecule has 0 radical (unpaired) electrons. The van der Waals surface area contributed by atoms with Gasteiger partial charge in [-0.15, -0.1) is 0 Å². The highest BCUT2D eigenvalue weighted by Gasteiger charge is 2.22. The van der Waals surface area contributed by atoms with Crippen LogP contribution in [0.2, 0.25) is 0 Å². The number of pyridine rings is 1. The largest absolute Gasteiger partial charge is 0.480 e. The van der Waals surface area contributed by atoms with Gasteiger partial charge in [-0.3, -0.25) is 4.79 Å². The quantitative estimate of drug-likeness (QED) is 0.730. The van der Waals surface area contributed by atoms with Gasteiger partial charge in [-0.2, -0.15) is 14.8 Å². The molecule has 1 aliphatic heterocycles. The average Bonchev–Trinajstić information content (AvgIpc) is 2.66. The lowest BCUT2D eigenvalue weighted by Crippen LogP contribution is -2.34. The summed E-state index contributed by atoms with van der Waals surface area (Å²) in [7, 11) is -0.392. The van der Waals surface area contributed by atoms with Crippen LogP contribution in [0.4, 0.5) is 10.2 Å². The Balaban J connectivity index is 1.82. The van der Waals surface area contributed by atoms with E-state index < -0.39 is 20.7 Å². The summed E-state index contributed by atoms with van der Waals surface area (Å²) in [5.41, 5.74) is -0.566. The molecular weight excluding hydrogens is 362 g/mol. The molecule has 8 nitrogen and oxygen atoms in total. The molecule has 10 heteroatoms. The summed E-state index contributed by atoms with van der Waals surface area (Å²) in [5.74, 6) is 1.33. The Bertz CT molecular complexity index is 824. The molecule has 2 aromatic heterocycles. The monoisotopic (exact) mass is 384 g/mol. The fourth-order valence-electron chi connectivity index (χ4n) is 3.30. The van der Waals surface area contributed by atoms with E-state index in [1.807, 2.05) is 0 Å². The molecule has 0 spiro atoms. The Kier molecular flexibility index (Phi) is 6.01. The average molecular weight is 384 g/mol. The second kappa shape index (κ2) is 8.24. The zero-order valence-corrected chi connectivity index (χ0v) is 15.4. The number of hydrogen-bond donors (Lipinski definition) is 2. The van der Waals surface area contributed by atoms with Crippen molar-refractivity contribution in [3.05, 3.63) is 22.6 Å². The number of anilines is 1. The molecule has 0 bridgehead atoms. The summed E-state index contributed by atoms with van der Waals surface area (Å²) < 4.78 is 18.9. The number of nitrogens with zero attached hydrogens (tertiary/aromatic N) is 4. The Morgan fingerprint density at radius 2 is 2.12 bits per heavy atom. The first-order chi connectivity index (χ1) is 12.5. The highest BCUT2D eigenvalue weighted by atomic mass is 31.2. The minimum Gasteiger partial charge on any atom is -0.480 e. The molecule has 1 aliphatic rings. The number of alkyl halides is 1. The van der Waals surface area contributed by atoms with E-state index in [2.05, 4.69) is 15.0 Å². The number of methoxy groups -OCH3 is 1. The molecule has 2 aromatic rings. The molecule has 1 saturated heterocycles. The van der Waals surface area contributed by atoms with Crippen LogP contribution < -0.4 is 15.2 Å². The Hall–Kier alpha value is -1.83. The number of halogens is 1. The van der Waals surface area contributed by atoms with Gasteiger partial charge in [0.05, 0.1) is 13.3 Å². The normalized spacial score (nSPS) is 15.8. The van der Waals surface area contributed by atoms with Crippen LogP contribution in [0.3, 0.4) is 0 Å². The fourth-order valence-corrected chi connectivity index (χ4v) is 3.90. The smallest absolute Gasteiger partial charge is 0.282 e. The SMILES string of the molecule is COc1nc(N2CCC(CCP(O)O)CC2)cc2cnn(CF)c(=O)c12. The lowest BCUT2D eigenvalue weighted by Gasteiger charge is -2.33. The summed E-state index contributed by atoms with van der Waals surface area (Å²) in [4.78, 5) is 37.0. The maximum atomic E-state index is 12.9. The van der Waals surface area contributed by atoms with Crippen LogP contribution in [0.5, 0.6) is 5.88 Å². The van der Waals surface area contributed by atoms with Crippen LogP contribution in [0.25, 0.3) is 10.8 Å². The number of piperidine rings is 1. The van der Waals surface area contributed by atoms with Gasteiger partial charge >= 0.3 is 0 Å². The number of rotatable bonds is 6. The van der Waals surface area contributed by atoms with Gasteiger partial charge < -0.3 is 19.4 Å². The van der Waals surface area contributed by atoms with Crippen LogP contribution in [0.1, 0.15) is 19.3 Å². The number of hydrogen-bond acceptors (Lipinski definition) is 7. The molecule has 3 heterocycles. The summed E-state index contributed by atoms with van der Waals surface area (Å²) in [6.45, 7) is 0.573. The Labute approximate surface area is 151 Å². The molecule has 1 fully saturated rings. The van der Waals surface area contributed by atoms with E-state index in [-0.39, 0.29) is 11.3 Å². The van der Waals surface area contributed by atoms with E-state index in [4.69, 9.17) is 14.5 Å². The van der Waals surface area contributed by atoms with Crippen molar-refractivity contribution in [2.24, 2.45) is 5.92 Å². The third kappa shape index (κ3) is 3.95. The van der Waals surface area contributed by atoms with Gasteiger partial charge in [0, 0.05) is 24.6 Å². The van der Waals surface area contributed by atoms with Gasteiger partial charge in [-0.05, 0) is 31.2 Å².